The minimum absolute atomic E-state index is 0.0283. The van der Waals surface area contributed by atoms with Crippen molar-refractivity contribution in [3.8, 4) is 0 Å². The standard InChI is InChI=1S/C11H15N3O3S/c1-11(9(15)16,7-2-3-7)14-10(17)13-6-8-12-4-5-18-8/h4-5,7H,2-3,6H2,1H3,(H,15,16)(H2,13,14,17). The second-order valence-corrected chi connectivity index (χ2v) is 5.49. The van der Waals surface area contributed by atoms with E-state index in [0.717, 1.165) is 17.8 Å². The highest BCUT2D eigenvalue weighted by atomic mass is 32.1. The Balaban J connectivity index is 1.87. The van der Waals surface area contributed by atoms with Crippen LogP contribution in [-0.4, -0.2) is 27.6 Å². The number of hydrogen-bond donors (Lipinski definition) is 3. The largest absolute Gasteiger partial charge is 0.480 e. The summed E-state index contributed by atoms with van der Waals surface area (Å²) in [4.78, 5) is 26.9. The van der Waals surface area contributed by atoms with Crippen molar-refractivity contribution in [2.75, 3.05) is 0 Å². The Morgan fingerprint density at radius 2 is 2.33 bits per heavy atom. The average molecular weight is 269 g/mol. The molecule has 98 valence electrons. The molecule has 0 saturated heterocycles. The first-order valence-corrected chi connectivity index (χ1v) is 6.58. The summed E-state index contributed by atoms with van der Waals surface area (Å²) >= 11 is 1.44. The summed E-state index contributed by atoms with van der Waals surface area (Å²) < 4.78 is 0. The Kier molecular flexibility index (Phi) is 3.51. The second-order valence-electron chi connectivity index (χ2n) is 4.52. The monoisotopic (exact) mass is 269 g/mol. The van der Waals surface area contributed by atoms with Gasteiger partial charge in [-0.25, -0.2) is 14.6 Å². The zero-order valence-electron chi connectivity index (χ0n) is 9.97. The van der Waals surface area contributed by atoms with E-state index in [1.165, 1.54) is 11.3 Å². The molecule has 1 saturated carbocycles. The number of rotatable bonds is 5. The maximum atomic E-state index is 11.7. The molecule has 1 fully saturated rings. The number of carboxylic acid groups (broad SMARTS) is 1. The molecule has 0 radical (unpaired) electrons. The molecule has 7 heteroatoms. The van der Waals surface area contributed by atoms with Crippen LogP contribution in [0.3, 0.4) is 0 Å². The summed E-state index contributed by atoms with van der Waals surface area (Å²) in [5.74, 6) is -0.963. The zero-order chi connectivity index (χ0) is 13.2. The van der Waals surface area contributed by atoms with Gasteiger partial charge in [-0.1, -0.05) is 0 Å². The number of carbonyl (C=O) groups excluding carboxylic acids is 1. The Labute approximate surface area is 108 Å². The first-order chi connectivity index (χ1) is 8.52. The number of carboxylic acids is 1. The molecule has 2 rings (SSSR count). The Hall–Kier alpha value is -1.63. The summed E-state index contributed by atoms with van der Waals surface area (Å²) in [6.45, 7) is 1.86. The summed E-state index contributed by atoms with van der Waals surface area (Å²) in [6, 6.07) is -0.470. The fourth-order valence-electron chi connectivity index (χ4n) is 1.77. The van der Waals surface area contributed by atoms with Gasteiger partial charge in [0.2, 0.25) is 0 Å². The van der Waals surface area contributed by atoms with Crippen molar-refractivity contribution in [3.63, 3.8) is 0 Å². The Morgan fingerprint density at radius 1 is 1.61 bits per heavy atom. The number of urea groups is 1. The lowest BCUT2D eigenvalue weighted by atomic mass is 9.96. The summed E-state index contributed by atoms with van der Waals surface area (Å²) in [5.41, 5.74) is -1.17. The quantitative estimate of drug-likeness (QED) is 0.749. The molecule has 2 amide bonds. The van der Waals surface area contributed by atoms with Crippen LogP contribution in [0.1, 0.15) is 24.8 Å². The van der Waals surface area contributed by atoms with Crippen molar-refractivity contribution in [2.45, 2.75) is 31.8 Å². The molecule has 1 heterocycles. The van der Waals surface area contributed by atoms with Crippen molar-refractivity contribution in [1.29, 1.82) is 0 Å². The molecule has 1 aromatic heterocycles. The zero-order valence-corrected chi connectivity index (χ0v) is 10.8. The van der Waals surface area contributed by atoms with E-state index >= 15 is 0 Å². The fraction of sp³-hybridized carbons (Fsp3) is 0.545. The van der Waals surface area contributed by atoms with Gasteiger partial charge in [-0.3, -0.25) is 0 Å². The lowest BCUT2D eigenvalue weighted by Gasteiger charge is -2.26. The van der Waals surface area contributed by atoms with Gasteiger partial charge in [0.05, 0.1) is 6.54 Å². The van der Waals surface area contributed by atoms with Crippen LogP contribution in [0.2, 0.25) is 0 Å². The molecule has 1 aliphatic carbocycles. The third kappa shape index (κ3) is 2.79. The summed E-state index contributed by atoms with van der Waals surface area (Å²) in [6.07, 6.45) is 3.34. The topological polar surface area (TPSA) is 91.3 Å². The van der Waals surface area contributed by atoms with Gasteiger partial charge in [-0.15, -0.1) is 11.3 Å². The molecule has 0 aromatic carbocycles. The average Bonchev–Trinajstić information content (AvgIpc) is 3.04. The molecular formula is C11H15N3O3S. The normalized spacial score (nSPS) is 17.8. The lowest BCUT2D eigenvalue weighted by Crippen LogP contribution is -2.56. The first-order valence-electron chi connectivity index (χ1n) is 5.70. The van der Waals surface area contributed by atoms with Crippen LogP contribution in [0.15, 0.2) is 11.6 Å². The number of aromatic nitrogens is 1. The highest BCUT2D eigenvalue weighted by molar-refractivity contribution is 7.09. The SMILES string of the molecule is CC(NC(=O)NCc1nccs1)(C(=O)O)C1CC1. The number of thiazole rings is 1. The molecule has 1 atom stereocenters. The van der Waals surface area contributed by atoms with Gasteiger partial charge in [0.1, 0.15) is 10.5 Å². The fourth-order valence-corrected chi connectivity index (χ4v) is 2.32. The van der Waals surface area contributed by atoms with E-state index in [0.29, 0.717) is 6.54 Å². The van der Waals surface area contributed by atoms with Crippen LogP contribution in [-0.2, 0) is 11.3 Å². The number of nitrogens with zero attached hydrogens (tertiary/aromatic N) is 1. The number of carbonyl (C=O) groups is 2. The molecule has 1 aliphatic rings. The summed E-state index contributed by atoms with van der Waals surface area (Å²) in [7, 11) is 0. The predicted molar refractivity (Wildman–Crippen MR) is 66.3 cm³/mol. The van der Waals surface area contributed by atoms with E-state index in [1.807, 2.05) is 5.38 Å². The molecule has 1 aromatic rings. The molecule has 6 nitrogen and oxygen atoms in total. The number of aliphatic carboxylic acids is 1. The number of hydrogen-bond acceptors (Lipinski definition) is 4. The Morgan fingerprint density at radius 3 is 2.83 bits per heavy atom. The molecule has 3 N–H and O–H groups in total. The maximum absolute atomic E-state index is 11.7. The van der Waals surface area contributed by atoms with Crippen LogP contribution >= 0.6 is 11.3 Å². The highest BCUT2D eigenvalue weighted by Crippen LogP contribution is 2.39. The maximum Gasteiger partial charge on any atom is 0.329 e. The highest BCUT2D eigenvalue weighted by Gasteiger charge is 2.48. The Bertz CT molecular complexity index is 444. The van der Waals surface area contributed by atoms with Gasteiger partial charge < -0.3 is 15.7 Å². The molecule has 0 aliphatic heterocycles. The van der Waals surface area contributed by atoms with Crippen LogP contribution in [0.5, 0.6) is 0 Å². The van der Waals surface area contributed by atoms with Crippen molar-refractivity contribution in [1.82, 2.24) is 15.6 Å². The van der Waals surface area contributed by atoms with Gasteiger partial charge in [-0.2, -0.15) is 0 Å². The molecule has 0 bridgehead atoms. The molecular weight excluding hydrogens is 254 g/mol. The van der Waals surface area contributed by atoms with Gasteiger partial charge in [0.25, 0.3) is 0 Å². The van der Waals surface area contributed by atoms with E-state index in [2.05, 4.69) is 15.6 Å². The predicted octanol–water partition coefficient (Wildman–Crippen LogP) is 1.20. The van der Waals surface area contributed by atoms with Crippen LogP contribution in [0, 0.1) is 5.92 Å². The molecule has 0 spiro atoms. The van der Waals surface area contributed by atoms with Crippen molar-refractivity contribution < 1.29 is 14.7 Å². The van der Waals surface area contributed by atoms with E-state index in [-0.39, 0.29) is 5.92 Å². The van der Waals surface area contributed by atoms with Crippen molar-refractivity contribution >= 4 is 23.3 Å². The van der Waals surface area contributed by atoms with Crippen LogP contribution < -0.4 is 10.6 Å². The van der Waals surface area contributed by atoms with Gasteiger partial charge in [-0.05, 0) is 25.7 Å². The van der Waals surface area contributed by atoms with Gasteiger partial charge in [0, 0.05) is 11.6 Å². The van der Waals surface area contributed by atoms with E-state index in [1.54, 1.807) is 13.1 Å². The van der Waals surface area contributed by atoms with E-state index in [4.69, 9.17) is 0 Å². The van der Waals surface area contributed by atoms with E-state index < -0.39 is 17.5 Å². The van der Waals surface area contributed by atoms with Crippen LogP contribution in [0.25, 0.3) is 0 Å². The third-order valence-corrected chi connectivity index (χ3v) is 3.87. The van der Waals surface area contributed by atoms with Crippen LogP contribution in [0.4, 0.5) is 4.79 Å². The van der Waals surface area contributed by atoms with Gasteiger partial charge >= 0.3 is 12.0 Å². The smallest absolute Gasteiger partial charge is 0.329 e. The van der Waals surface area contributed by atoms with Crippen molar-refractivity contribution in [2.24, 2.45) is 5.92 Å². The third-order valence-electron chi connectivity index (χ3n) is 3.09. The molecule has 1 unspecified atom stereocenters. The van der Waals surface area contributed by atoms with Crippen molar-refractivity contribution in [3.05, 3.63) is 16.6 Å². The van der Waals surface area contributed by atoms with Gasteiger partial charge in [0.15, 0.2) is 0 Å². The number of nitrogens with one attached hydrogen (secondary N) is 2. The summed E-state index contributed by atoms with van der Waals surface area (Å²) in [5, 5.41) is 17.0. The van der Waals surface area contributed by atoms with E-state index in [9.17, 15) is 14.7 Å². The minimum Gasteiger partial charge on any atom is -0.480 e. The second kappa shape index (κ2) is 4.93. The minimum atomic E-state index is -1.17. The first kappa shape index (κ1) is 12.8. The lowest BCUT2D eigenvalue weighted by molar-refractivity contribution is -0.144. The molecule has 18 heavy (non-hydrogen) atoms. The number of amides is 2.